The lowest BCUT2D eigenvalue weighted by atomic mass is 10.2. The summed E-state index contributed by atoms with van der Waals surface area (Å²) < 4.78 is 18.5. The Bertz CT molecular complexity index is 354. The van der Waals surface area contributed by atoms with Gasteiger partial charge in [0, 0.05) is 18.7 Å². The summed E-state index contributed by atoms with van der Waals surface area (Å²) in [6, 6.07) is 4.64. The minimum absolute atomic E-state index is 0.0687. The van der Waals surface area contributed by atoms with Gasteiger partial charge in [-0.05, 0) is 19.1 Å². The van der Waals surface area contributed by atoms with Gasteiger partial charge in [-0.3, -0.25) is 0 Å². The second-order valence-corrected chi connectivity index (χ2v) is 3.88. The molecule has 1 aliphatic rings. The van der Waals surface area contributed by atoms with E-state index >= 15 is 0 Å². The molecule has 1 heterocycles. The molecule has 0 aliphatic carbocycles. The lowest BCUT2D eigenvalue weighted by Crippen LogP contribution is -2.40. The van der Waals surface area contributed by atoms with Crippen LogP contribution in [0.5, 0.6) is 5.75 Å². The fourth-order valence-corrected chi connectivity index (χ4v) is 1.78. The van der Waals surface area contributed by atoms with Crippen LogP contribution in [0, 0.1) is 5.82 Å². The molecule has 2 N–H and O–H groups in total. The molecule has 0 spiro atoms. The molecule has 1 unspecified atom stereocenters. The van der Waals surface area contributed by atoms with Crippen molar-refractivity contribution in [2.75, 3.05) is 24.6 Å². The highest BCUT2D eigenvalue weighted by Crippen LogP contribution is 2.31. The molecule has 0 bridgehead atoms. The Balaban J connectivity index is 2.28. The van der Waals surface area contributed by atoms with Crippen LogP contribution in [0.1, 0.15) is 6.92 Å². The Labute approximate surface area is 88.6 Å². The number of anilines is 1. The molecular formula is C11H15FN2O. The molecule has 0 amide bonds. The van der Waals surface area contributed by atoms with Crippen molar-refractivity contribution in [3.63, 3.8) is 0 Å². The number of hydrogen-bond donors (Lipinski definition) is 1. The van der Waals surface area contributed by atoms with Gasteiger partial charge in [-0.2, -0.15) is 0 Å². The molecule has 4 heteroatoms. The average Bonchev–Trinajstić information content (AvgIpc) is 2.18. The number of hydrogen-bond acceptors (Lipinski definition) is 3. The van der Waals surface area contributed by atoms with Gasteiger partial charge in [0.2, 0.25) is 0 Å². The number of nitrogens with two attached hydrogens (primary N) is 1. The van der Waals surface area contributed by atoms with Gasteiger partial charge in [-0.15, -0.1) is 0 Å². The summed E-state index contributed by atoms with van der Waals surface area (Å²) in [7, 11) is 0. The van der Waals surface area contributed by atoms with Crippen LogP contribution in [0.3, 0.4) is 0 Å². The van der Waals surface area contributed by atoms with Crippen molar-refractivity contribution >= 4 is 5.69 Å². The van der Waals surface area contributed by atoms with Gasteiger partial charge in [0.25, 0.3) is 0 Å². The standard InChI is InChI=1S/C11H15FN2O/c1-8(13)7-14-4-5-15-11-3-2-9(12)6-10(11)14/h2-3,6,8H,4-5,7,13H2,1H3. The molecule has 0 fully saturated rings. The van der Waals surface area contributed by atoms with E-state index in [-0.39, 0.29) is 11.9 Å². The quantitative estimate of drug-likeness (QED) is 0.801. The van der Waals surface area contributed by atoms with E-state index in [1.165, 1.54) is 12.1 Å². The van der Waals surface area contributed by atoms with Gasteiger partial charge in [-0.25, -0.2) is 4.39 Å². The first-order chi connectivity index (χ1) is 7.16. The van der Waals surface area contributed by atoms with E-state index in [2.05, 4.69) is 4.90 Å². The number of ether oxygens (including phenoxy) is 1. The zero-order valence-electron chi connectivity index (χ0n) is 8.74. The zero-order valence-corrected chi connectivity index (χ0v) is 8.74. The predicted octanol–water partition coefficient (Wildman–Crippen LogP) is 1.37. The van der Waals surface area contributed by atoms with E-state index in [0.717, 1.165) is 24.5 Å². The first kappa shape index (κ1) is 10.2. The van der Waals surface area contributed by atoms with Crippen molar-refractivity contribution in [2.24, 2.45) is 5.73 Å². The van der Waals surface area contributed by atoms with Crippen LogP contribution in [-0.2, 0) is 0 Å². The second-order valence-electron chi connectivity index (χ2n) is 3.88. The Kier molecular flexibility index (Phi) is 2.77. The highest BCUT2D eigenvalue weighted by atomic mass is 19.1. The third-order valence-electron chi connectivity index (χ3n) is 2.39. The summed E-state index contributed by atoms with van der Waals surface area (Å²) in [6.45, 7) is 4.05. The monoisotopic (exact) mass is 210 g/mol. The summed E-state index contributed by atoms with van der Waals surface area (Å²) in [5, 5.41) is 0. The van der Waals surface area contributed by atoms with E-state index in [1.807, 2.05) is 6.92 Å². The van der Waals surface area contributed by atoms with Crippen LogP contribution in [0.15, 0.2) is 18.2 Å². The molecule has 0 aromatic heterocycles. The maximum Gasteiger partial charge on any atom is 0.142 e. The summed E-state index contributed by atoms with van der Waals surface area (Å²) in [5.41, 5.74) is 6.55. The van der Waals surface area contributed by atoms with E-state index in [9.17, 15) is 4.39 Å². The van der Waals surface area contributed by atoms with Crippen LogP contribution >= 0.6 is 0 Å². The summed E-state index contributed by atoms with van der Waals surface area (Å²) in [6.07, 6.45) is 0. The van der Waals surface area contributed by atoms with Gasteiger partial charge >= 0.3 is 0 Å². The van der Waals surface area contributed by atoms with Crippen LogP contribution in [0.2, 0.25) is 0 Å². The predicted molar refractivity (Wildman–Crippen MR) is 57.8 cm³/mol. The Morgan fingerprint density at radius 2 is 2.40 bits per heavy atom. The van der Waals surface area contributed by atoms with Gasteiger partial charge in [0.15, 0.2) is 0 Å². The van der Waals surface area contributed by atoms with Gasteiger partial charge in [0.1, 0.15) is 18.2 Å². The molecule has 1 aromatic rings. The molecule has 1 aliphatic heterocycles. The minimum atomic E-state index is -0.242. The number of nitrogens with zero attached hydrogens (tertiary/aromatic N) is 1. The van der Waals surface area contributed by atoms with Crippen molar-refractivity contribution in [3.8, 4) is 5.75 Å². The number of rotatable bonds is 2. The molecular weight excluding hydrogens is 195 g/mol. The van der Waals surface area contributed by atoms with Gasteiger partial charge < -0.3 is 15.4 Å². The normalized spacial score (nSPS) is 16.9. The number of benzene rings is 1. The molecule has 82 valence electrons. The second kappa shape index (κ2) is 4.06. The average molecular weight is 210 g/mol. The molecule has 0 radical (unpaired) electrons. The zero-order chi connectivity index (χ0) is 10.8. The molecule has 0 saturated heterocycles. The Morgan fingerprint density at radius 3 is 3.13 bits per heavy atom. The van der Waals surface area contributed by atoms with E-state index in [0.29, 0.717) is 6.61 Å². The SMILES string of the molecule is CC(N)CN1CCOc2ccc(F)cc21. The maximum atomic E-state index is 13.1. The summed E-state index contributed by atoms with van der Waals surface area (Å²) in [5.74, 6) is 0.497. The summed E-state index contributed by atoms with van der Waals surface area (Å²) in [4.78, 5) is 2.06. The molecule has 15 heavy (non-hydrogen) atoms. The largest absolute Gasteiger partial charge is 0.490 e. The van der Waals surface area contributed by atoms with E-state index < -0.39 is 0 Å². The first-order valence-corrected chi connectivity index (χ1v) is 5.09. The Hall–Kier alpha value is -1.29. The molecule has 2 rings (SSSR count). The van der Waals surface area contributed by atoms with Crippen LogP contribution in [-0.4, -0.2) is 25.7 Å². The van der Waals surface area contributed by atoms with E-state index in [4.69, 9.17) is 10.5 Å². The fourth-order valence-electron chi connectivity index (χ4n) is 1.78. The van der Waals surface area contributed by atoms with Crippen molar-refractivity contribution in [1.29, 1.82) is 0 Å². The lowest BCUT2D eigenvalue weighted by Gasteiger charge is -2.32. The van der Waals surface area contributed by atoms with Crippen LogP contribution in [0.25, 0.3) is 0 Å². The minimum Gasteiger partial charge on any atom is -0.490 e. The number of halogens is 1. The van der Waals surface area contributed by atoms with Crippen LogP contribution < -0.4 is 15.4 Å². The summed E-state index contributed by atoms with van der Waals surface area (Å²) >= 11 is 0. The highest BCUT2D eigenvalue weighted by Gasteiger charge is 2.19. The van der Waals surface area contributed by atoms with Crippen molar-refractivity contribution < 1.29 is 9.13 Å². The molecule has 3 nitrogen and oxygen atoms in total. The van der Waals surface area contributed by atoms with Crippen LogP contribution in [0.4, 0.5) is 10.1 Å². The third kappa shape index (κ3) is 2.21. The topological polar surface area (TPSA) is 38.5 Å². The first-order valence-electron chi connectivity index (χ1n) is 5.09. The van der Waals surface area contributed by atoms with Crippen molar-refractivity contribution in [2.45, 2.75) is 13.0 Å². The highest BCUT2D eigenvalue weighted by molar-refractivity contribution is 5.60. The molecule has 0 saturated carbocycles. The molecule has 1 aromatic carbocycles. The van der Waals surface area contributed by atoms with Crippen molar-refractivity contribution in [1.82, 2.24) is 0 Å². The lowest BCUT2D eigenvalue weighted by molar-refractivity contribution is 0.305. The smallest absolute Gasteiger partial charge is 0.142 e. The van der Waals surface area contributed by atoms with E-state index in [1.54, 1.807) is 6.07 Å². The fraction of sp³-hybridized carbons (Fsp3) is 0.455. The van der Waals surface area contributed by atoms with Gasteiger partial charge in [0.05, 0.1) is 12.2 Å². The third-order valence-corrected chi connectivity index (χ3v) is 2.39. The molecule has 1 atom stereocenters. The number of fused-ring (bicyclic) bond motifs is 1. The maximum absolute atomic E-state index is 13.1. The van der Waals surface area contributed by atoms with Gasteiger partial charge in [-0.1, -0.05) is 0 Å². The van der Waals surface area contributed by atoms with Crippen molar-refractivity contribution in [3.05, 3.63) is 24.0 Å². The Morgan fingerprint density at radius 1 is 1.60 bits per heavy atom.